The highest BCUT2D eigenvalue weighted by Gasteiger charge is 2.19. The summed E-state index contributed by atoms with van der Waals surface area (Å²) in [5.74, 6) is 0.251. The zero-order chi connectivity index (χ0) is 17.9. The van der Waals surface area contributed by atoms with Crippen molar-refractivity contribution in [1.29, 1.82) is 0 Å². The lowest BCUT2D eigenvalue weighted by atomic mass is 10.1. The Balaban J connectivity index is 1.69. The number of hydrogen-bond donors (Lipinski definition) is 1. The molecule has 2 heterocycles. The van der Waals surface area contributed by atoms with Crippen LogP contribution in [0.15, 0.2) is 54.7 Å². The number of hydrogen-bond acceptors (Lipinski definition) is 4. The Morgan fingerprint density at radius 1 is 1.04 bits per heavy atom. The van der Waals surface area contributed by atoms with Crippen molar-refractivity contribution >= 4 is 28.2 Å². The molecule has 5 nitrogen and oxygen atoms in total. The van der Waals surface area contributed by atoms with Gasteiger partial charge in [-0.05, 0) is 29.7 Å². The second-order valence-corrected chi connectivity index (χ2v) is 6.10. The van der Waals surface area contributed by atoms with E-state index in [9.17, 15) is 9.18 Å². The van der Waals surface area contributed by atoms with Crippen LogP contribution in [-0.2, 0) is 4.74 Å². The van der Waals surface area contributed by atoms with Crippen molar-refractivity contribution in [2.24, 2.45) is 0 Å². The van der Waals surface area contributed by atoms with E-state index in [1.165, 1.54) is 24.3 Å². The molecular formula is C20H18FN3O2. The van der Waals surface area contributed by atoms with Gasteiger partial charge in [-0.3, -0.25) is 4.79 Å². The number of carbonyl (C=O) groups is 1. The van der Waals surface area contributed by atoms with Crippen LogP contribution in [-0.4, -0.2) is 37.2 Å². The molecule has 132 valence electrons. The van der Waals surface area contributed by atoms with E-state index < -0.39 is 0 Å². The molecule has 3 aromatic rings. The van der Waals surface area contributed by atoms with E-state index in [2.05, 4.69) is 15.2 Å². The normalized spacial score (nSPS) is 14.4. The fraction of sp³-hybridized carbons (Fsp3) is 0.200. The van der Waals surface area contributed by atoms with Crippen molar-refractivity contribution in [3.63, 3.8) is 0 Å². The Bertz CT molecular complexity index is 937. The van der Waals surface area contributed by atoms with Gasteiger partial charge in [-0.25, -0.2) is 9.37 Å². The SMILES string of the molecule is O=C(Nc1ccc(F)cc1)c1cnc(N2CCOCC2)c2ccccc12. The van der Waals surface area contributed by atoms with Crippen molar-refractivity contribution in [1.82, 2.24) is 4.98 Å². The number of aromatic nitrogens is 1. The molecule has 26 heavy (non-hydrogen) atoms. The van der Waals surface area contributed by atoms with Crippen LogP contribution in [0.1, 0.15) is 10.4 Å². The standard InChI is InChI=1S/C20H18FN3O2/c21-14-5-7-15(8-6-14)23-20(25)18-13-22-19(24-9-11-26-12-10-24)17-4-2-1-3-16(17)18/h1-8,13H,9-12H2,(H,23,25). The highest BCUT2D eigenvalue weighted by molar-refractivity contribution is 6.14. The summed E-state index contributed by atoms with van der Waals surface area (Å²) < 4.78 is 18.5. The molecule has 2 aromatic carbocycles. The van der Waals surface area contributed by atoms with Gasteiger partial charge in [0.2, 0.25) is 0 Å². The number of fused-ring (bicyclic) bond motifs is 1. The molecule has 0 unspecified atom stereocenters. The van der Waals surface area contributed by atoms with Crippen LogP contribution in [0.5, 0.6) is 0 Å². The molecular weight excluding hydrogens is 333 g/mol. The van der Waals surface area contributed by atoms with Gasteiger partial charge in [0.25, 0.3) is 5.91 Å². The van der Waals surface area contributed by atoms with Crippen molar-refractivity contribution in [3.05, 3.63) is 66.1 Å². The number of amides is 1. The van der Waals surface area contributed by atoms with Crippen molar-refractivity contribution in [2.75, 3.05) is 36.5 Å². The van der Waals surface area contributed by atoms with E-state index in [1.54, 1.807) is 6.20 Å². The summed E-state index contributed by atoms with van der Waals surface area (Å²) in [5, 5.41) is 4.57. The van der Waals surface area contributed by atoms with Gasteiger partial charge < -0.3 is 15.0 Å². The number of nitrogens with zero attached hydrogens (tertiary/aromatic N) is 2. The van der Waals surface area contributed by atoms with E-state index in [0.29, 0.717) is 24.5 Å². The molecule has 1 aliphatic heterocycles. The summed E-state index contributed by atoms with van der Waals surface area (Å²) in [6, 6.07) is 13.4. The molecule has 1 N–H and O–H groups in total. The van der Waals surface area contributed by atoms with Crippen LogP contribution in [0.25, 0.3) is 10.8 Å². The van der Waals surface area contributed by atoms with Gasteiger partial charge in [0.05, 0.1) is 18.8 Å². The predicted octanol–water partition coefficient (Wildman–Crippen LogP) is 3.46. The molecule has 1 aliphatic rings. The largest absolute Gasteiger partial charge is 0.378 e. The molecule has 1 aromatic heterocycles. The summed E-state index contributed by atoms with van der Waals surface area (Å²) in [4.78, 5) is 19.5. The Morgan fingerprint density at radius 2 is 1.73 bits per heavy atom. The minimum atomic E-state index is -0.343. The molecule has 1 amide bonds. The number of carbonyl (C=O) groups excluding carboxylic acids is 1. The lowest BCUT2D eigenvalue weighted by Gasteiger charge is -2.29. The number of rotatable bonds is 3. The number of nitrogens with one attached hydrogen (secondary N) is 1. The lowest BCUT2D eigenvalue weighted by Crippen LogP contribution is -2.37. The number of anilines is 2. The third-order valence-corrected chi connectivity index (χ3v) is 4.43. The van der Waals surface area contributed by atoms with E-state index in [4.69, 9.17) is 4.74 Å². The molecule has 0 saturated carbocycles. The lowest BCUT2D eigenvalue weighted by molar-refractivity contribution is 0.102. The summed E-state index contributed by atoms with van der Waals surface area (Å²) in [6.07, 6.45) is 1.60. The average molecular weight is 351 g/mol. The van der Waals surface area contributed by atoms with Crippen molar-refractivity contribution in [3.8, 4) is 0 Å². The first-order valence-corrected chi connectivity index (χ1v) is 8.50. The number of morpholine rings is 1. The maximum atomic E-state index is 13.0. The second-order valence-electron chi connectivity index (χ2n) is 6.10. The zero-order valence-electron chi connectivity index (χ0n) is 14.1. The Morgan fingerprint density at radius 3 is 2.46 bits per heavy atom. The molecule has 0 spiro atoms. The van der Waals surface area contributed by atoms with Gasteiger partial charge in [-0.2, -0.15) is 0 Å². The third-order valence-electron chi connectivity index (χ3n) is 4.43. The van der Waals surface area contributed by atoms with Gasteiger partial charge in [-0.15, -0.1) is 0 Å². The highest BCUT2D eigenvalue weighted by Crippen LogP contribution is 2.28. The minimum absolute atomic E-state index is 0.270. The van der Waals surface area contributed by atoms with E-state index in [-0.39, 0.29) is 11.7 Å². The topological polar surface area (TPSA) is 54.5 Å². The minimum Gasteiger partial charge on any atom is -0.378 e. The van der Waals surface area contributed by atoms with Crippen LogP contribution in [0, 0.1) is 5.82 Å². The van der Waals surface area contributed by atoms with Crippen LogP contribution in [0.4, 0.5) is 15.9 Å². The Labute approximate surface area is 150 Å². The number of halogens is 1. The molecule has 1 fully saturated rings. The molecule has 6 heteroatoms. The third kappa shape index (κ3) is 3.23. The summed E-state index contributed by atoms with van der Waals surface area (Å²) in [5.41, 5.74) is 1.03. The first kappa shape index (κ1) is 16.5. The van der Waals surface area contributed by atoms with Crippen molar-refractivity contribution < 1.29 is 13.9 Å². The fourth-order valence-electron chi connectivity index (χ4n) is 3.12. The quantitative estimate of drug-likeness (QED) is 0.785. The zero-order valence-corrected chi connectivity index (χ0v) is 14.1. The van der Waals surface area contributed by atoms with Crippen LogP contribution in [0.3, 0.4) is 0 Å². The van der Waals surface area contributed by atoms with Gasteiger partial charge in [-0.1, -0.05) is 24.3 Å². The summed E-state index contributed by atoms with van der Waals surface area (Å²) >= 11 is 0. The average Bonchev–Trinajstić information content (AvgIpc) is 2.69. The maximum absolute atomic E-state index is 13.0. The Kier molecular flexibility index (Phi) is 4.50. The molecule has 0 radical (unpaired) electrons. The van der Waals surface area contributed by atoms with Gasteiger partial charge in [0.1, 0.15) is 11.6 Å². The summed E-state index contributed by atoms with van der Waals surface area (Å²) in [7, 11) is 0. The van der Waals surface area contributed by atoms with Gasteiger partial charge in [0, 0.05) is 30.4 Å². The molecule has 1 saturated heterocycles. The predicted molar refractivity (Wildman–Crippen MR) is 99.1 cm³/mol. The molecule has 0 aliphatic carbocycles. The van der Waals surface area contributed by atoms with Gasteiger partial charge in [0.15, 0.2) is 0 Å². The fourth-order valence-corrected chi connectivity index (χ4v) is 3.12. The van der Waals surface area contributed by atoms with Crippen LogP contribution >= 0.6 is 0 Å². The monoisotopic (exact) mass is 351 g/mol. The smallest absolute Gasteiger partial charge is 0.257 e. The molecule has 0 atom stereocenters. The van der Waals surface area contributed by atoms with Gasteiger partial charge >= 0.3 is 0 Å². The van der Waals surface area contributed by atoms with Crippen molar-refractivity contribution in [2.45, 2.75) is 0 Å². The van der Waals surface area contributed by atoms with Crippen LogP contribution < -0.4 is 10.2 Å². The van der Waals surface area contributed by atoms with Crippen LogP contribution in [0.2, 0.25) is 0 Å². The highest BCUT2D eigenvalue weighted by atomic mass is 19.1. The number of benzene rings is 2. The van der Waals surface area contributed by atoms with E-state index in [1.807, 2.05) is 24.3 Å². The maximum Gasteiger partial charge on any atom is 0.257 e. The van der Waals surface area contributed by atoms with E-state index >= 15 is 0 Å². The first-order chi connectivity index (χ1) is 12.7. The number of ether oxygens (including phenoxy) is 1. The summed E-state index contributed by atoms with van der Waals surface area (Å²) in [6.45, 7) is 2.89. The first-order valence-electron chi connectivity index (χ1n) is 8.50. The second kappa shape index (κ2) is 7.09. The van der Waals surface area contributed by atoms with E-state index in [0.717, 1.165) is 29.7 Å². The number of pyridine rings is 1. The Hall–Kier alpha value is -2.99. The molecule has 0 bridgehead atoms. The molecule has 4 rings (SSSR count).